The number of hydrogen-bond donors (Lipinski definition) is 0. The monoisotopic (exact) mass is 472 g/mol. The standard InChI is InChI=1S/C23H15Cl3N2OS/c24-17-9-5-15(6-10-17)13-20-22(29)28(21-4-2-1-3-19(21)26)23(27-20)30-14-16-7-11-18(25)12-8-16/h1-13H,14H2/b20-13+. The smallest absolute Gasteiger partial charge is 0.266 e. The first-order valence-corrected chi connectivity index (χ1v) is 11.2. The molecule has 3 aromatic rings. The Morgan fingerprint density at radius 2 is 1.50 bits per heavy atom. The van der Waals surface area contributed by atoms with Crippen LogP contribution < -0.4 is 4.90 Å². The van der Waals surface area contributed by atoms with E-state index in [9.17, 15) is 4.79 Å². The summed E-state index contributed by atoms with van der Waals surface area (Å²) < 4.78 is 0. The molecule has 1 aliphatic rings. The number of benzene rings is 3. The summed E-state index contributed by atoms with van der Waals surface area (Å²) in [5.41, 5.74) is 2.87. The van der Waals surface area contributed by atoms with Crippen molar-refractivity contribution >= 4 is 69.4 Å². The molecule has 0 fully saturated rings. The summed E-state index contributed by atoms with van der Waals surface area (Å²) in [6, 6.07) is 22.1. The molecule has 0 radical (unpaired) electrons. The van der Waals surface area contributed by atoms with Gasteiger partial charge in [0.1, 0.15) is 5.70 Å². The number of carbonyl (C=O) groups is 1. The second kappa shape index (κ2) is 9.27. The summed E-state index contributed by atoms with van der Waals surface area (Å²) in [6.45, 7) is 0. The fraction of sp³-hybridized carbons (Fsp3) is 0.0435. The molecule has 0 saturated heterocycles. The molecule has 3 aromatic carbocycles. The van der Waals surface area contributed by atoms with E-state index in [-0.39, 0.29) is 5.91 Å². The third kappa shape index (κ3) is 4.73. The number of thioether (sulfide) groups is 1. The largest absolute Gasteiger partial charge is 0.283 e. The van der Waals surface area contributed by atoms with Gasteiger partial charge in [0.15, 0.2) is 5.17 Å². The SMILES string of the molecule is O=C1/C(=C\c2ccc(Cl)cc2)N=C(SCc2ccc(Cl)cc2)N1c1ccccc1Cl. The third-order valence-corrected chi connectivity index (χ3v) is 6.21. The quantitative estimate of drug-likeness (QED) is 0.372. The van der Waals surface area contributed by atoms with Crippen molar-refractivity contribution in [2.45, 2.75) is 5.75 Å². The van der Waals surface area contributed by atoms with Crippen LogP contribution in [0, 0.1) is 0 Å². The molecule has 30 heavy (non-hydrogen) atoms. The Kier molecular flexibility index (Phi) is 6.49. The van der Waals surface area contributed by atoms with Gasteiger partial charge in [0, 0.05) is 15.8 Å². The average molecular weight is 474 g/mol. The van der Waals surface area contributed by atoms with Gasteiger partial charge in [-0.15, -0.1) is 0 Å². The second-order valence-electron chi connectivity index (χ2n) is 6.48. The highest BCUT2D eigenvalue weighted by Crippen LogP contribution is 2.34. The minimum Gasteiger partial charge on any atom is -0.266 e. The zero-order valence-electron chi connectivity index (χ0n) is 15.6. The van der Waals surface area contributed by atoms with E-state index in [4.69, 9.17) is 34.8 Å². The van der Waals surface area contributed by atoms with Crippen LogP contribution in [0.5, 0.6) is 0 Å². The first-order chi connectivity index (χ1) is 14.5. The molecule has 0 unspecified atom stereocenters. The molecule has 0 N–H and O–H groups in total. The molecule has 7 heteroatoms. The van der Waals surface area contributed by atoms with E-state index in [2.05, 4.69) is 4.99 Å². The predicted octanol–water partition coefficient (Wildman–Crippen LogP) is 7.32. The fourth-order valence-corrected chi connectivity index (χ4v) is 4.32. The first-order valence-electron chi connectivity index (χ1n) is 9.03. The van der Waals surface area contributed by atoms with Gasteiger partial charge in [0.05, 0.1) is 10.7 Å². The molecule has 4 rings (SSSR count). The van der Waals surface area contributed by atoms with E-state index < -0.39 is 0 Å². The van der Waals surface area contributed by atoms with Crippen LogP contribution in [0.15, 0.2) is 83.5 Å². The summed E-state index contributed by atoms with van der Waals surface area (Å²) >= 11 is 19.8. The van der Waals surface area contributed by atoms with Gasteiger partial charge in [0.2, 0.25) is 0 Å². The van der Waals surface area contributed by atoms with Crippen LogP contribution in [-0.4, -0.2) is 11.1 Å². The van der Waals surface area contributed by atoms with Crippen LogP contribution in [0.2, 0.25) is 15.1 Å². The van der Waals surface area contributed by atoms with Crippen molar-refractivity contribution in [3.8, 4) is 0 Å². The van der Waals surface area contributed by atoms with E-state index in [1.807, 2.05) is 54.6 Å². The molecule has 0 bridgehead atoms. The lowest BCUT2D eigenvalue weighted by molar-refractivity contribution is -0.113. The fourth-order valence-electron chi connectivity index (χ4n) is 2.88. The molecule has 0 aromatic heterocycles. The van der Waals surface area contributed by atoms with E-state index in [1.165, 1.54) is 11.8 Å². The third-order valence-electron chi connectivity index (χ3n) is 4.38. The van der Waals surface area contributed by atoms with Gasteiger partial charge >= 0.3 is 0 Å². The van der Waals surface area contributed by atoms with Crippen molar-refractivity contribution in [1.29, 1.82) is 0 Å². The van der Waals surface area contributed by atoms with Crippen LogP contribution in [0.25, 0.3) is 6.08 Å². The highest BCUT2D eigenvalue weighted by molar-refractivity contribution is 8.13. The maximum Gasteiger partial charge on any atom is 0.283 e. The van der Waals surface area contributed by atoms with E-state index >= 15 is 0 Å². The molecular weight excluding hydrogens is 459 g/mol. The lowest BCUT2D eigenvalue weighted by Gasteiger charge is -2.19. The van der Waals surface area contributed by atoms with Crippen molar-refractivity contribution in [2.75, 3.05) is 4.90 Å². The Bertz CT molecular complexity index is 1140. The summed E-state index contributed by atoms with van der Waals surface area (Å²) in [5.74, 6) is 0.412. The molecule has 0 atom stereocenters. The van der Waals surface area contributed by atoms with Gasteiger partial charge in [-0.1, -0.05) is 83.0 Å². The molecule has 0 spiro atoms. The molecule has 150 valence electrons. The van der Waals surface area contributed by atoms with Gasteiger partial charge < -0.3 is 0 Å². The highest BCUT2D eigenvalue weighted by Gasteiger charge is 2.33. The van der Waals surface area contributed by atoms with Gasteiger partial charge in [-0.25, -0.2) is 4.99 Å². The van der Waals surface area contributed by atoms with Crippen LogP contribution >= 0.6 is 46.6 Å². The lowest BCUT2D eigenvalue weighted by atomic mass is 10.2. The molecule has 1 heterocycles. The van der Waals surface area contributed by atoms with Gasteiger partial charge in [0.25, 0.3) is 5.91 Å². The number of rotatable bonds is 4. The number of halogens is 3. The second-order valence-corrected chi connectivity index (χ2v) is 8.71. The maximum absolute atomic E-state index is 13.2. The molecular formula is C23H15Cl3N2OS. The van der Waals surface area contributed by atoms with E-state index in [1.54, 1.807) is 29.2 Å². The van der Waals surface area contributed by atoms with Crippen LogP contribution in [0.1, 0.15) is 11.1 Å². The number of hydrogen-bond acceptors (Lipinski definition) is 3. The number of aliphatic imine (C=N–C) groups is 1. The molecule has 1 aliphatic heterocycles. The predicted molar refractivity (Wildman–Crippen MR) is 129 cm³/mol. The van der Waals surface area contributed by atoms with Gasteiger partial charge in [-0.2, -0.15) is 0 Å². The van der Waals surface area contributed by atoms with Crippen molar-refractivity contribution in [3.05, 3.63) is 105 Å². The van der Waals surface area contributed by atoms with Crippen LogP contribution in [0.3, 0.4) is 0 Å². The van der Waals surface area contributed by atoms with Crippen molar-refractivity contribution in [1.82, 2.24) is 0 Å². The van der Waals surface area contributed by atoms with E-state index in [0.717, 1.165) is 11.1 Å². The number of amidine groups is 1. The lowest BCUT2D eigenvalue weighted by Crippen LogP contribution is -2.30. The Balaban J connectivity index is 1.67. The topological polar surface area (TPSA) is 32.7 Å². The minimum absolute atomic E-state index is 0.225. The number of para-hydroxylation sites is 1. The normalized spacial score (nSPS) is 15.0. The Morgan fingerprint density at radius 1 is 0.867 bits per heavy atom. The van der Waals surface area contributed by atoms with Gasteiger partial charge in [-0.3, -0.25) is 9.69 Å². The van der Waals surface area contributed by atoms with Crippen LogP contribution in [0.4, 0.5) is 5.69 Å². The summed E-state index contributed by atoms with van der Waals surface area (Å²) in [6.07, 6.45) is 1.75. The first kappa shape index (κ1) is 21.0. The van der Waals surface area contributed by atoms with Gasteiger partial charge in [-0.05, 0) is 53.6 Å². The zero-order chi connectivity index (χ0) is 21.1. The molecule has 3 nitrogen and oxygen atoms in total. The van der Waals surface area contributed by atoms with Crippen molar-refractivity contribution in [3.63, 3.8) is 0 Å². The molecule has 0 aliphatic carbocycles. The average Bonchev–Trinajstić information content (AvgIpc) is 3.05. The van der Waals surface area contributed by atoms with Crippen molar-refractivity contribution in [2.24, 2.45) is 4.99 Å². The summed E-state index contributed by atoms with van der Waals surface area (Å²) in [4.78, 5) is 19.4. The Labute approximate surface area is 194 Å². The number of carbonyl (C=O) groups excluding carboxylic acids is 1. The summed E-state index contributed by atoms with van der Waals surface area (Å²) in [5, 5.41) is 2.37. The zero-order valence-corrected chi connectivity index (χ0v) is 18.6. The van der Waals surface area contributed by atoms with E-state index in [0.29, 0.717) is 37.4 Å². The molecule has 1 amide bonds. The number of nitrogens with zero attached hydrogens (tertiary/aromatic N) is 2. The number of amides is 1. The Hall–Kier alpha value is -2.24. The maximum atomic E-state index is 13.2. The van der Waals surface area contributed by atoms with Crippen LogP contribution in [-0.2, 0) is 10.5 Å². The summed E-state index contributed by atoms with van der Waals surface area (Å²) in [7, 11) is 0. The highest BCUT2D eigenvalue weighted by atomic mass is 35.5. The minimum atomic E-state index is -0.225. The Morgan fingerprint density at radius 3 is 2.17 bits per heavy atom. The number of anilines is 1. The molecule has 0 saturated carbocycles. The van der Waals surface area contributed by atoms with Crippen molar-refractivity contribution < 1.29 is 4.79 Å².